The minimum atomic E-state index is -0.651. The Balaban J connectivity index is 0.000000504. The van der Waals surface area contributed by atoms with E-state index in [0.29, 0.717) is 15.9 Å². The van der Waals surface area contributed by atoms with Gasteiger partial charge in [0.25, 0.3) is 0 Å². The van der Waals surface area contributed by atoms with E-state index in [1.54, 1.807) is 24.4 Å². The smallest absolute Gasteiger partial charge is 0.129 e. The normalized spacial score (nSPS) is 13.0. The highest BCUT2D eigenvalue weighted by molar-refractivity contribution is 6.29. The van der Waals surface area contributed by atoms with Crippen molar-refractivity contribution in [2.75, 3.05) is 5.88 Å². The lowest BCUT2D eigenvalue weighted by Gasteiger charge is -2.20. The van der Waals surface area contributed by atoms with Crippen LogP contribution in [0, 0.1) is 5.41 Å². The maximum Gasteiger partial charge on any atom is 0.129 e. The van der Waals surface area contributed by atoms with Gasteiger partial charge in [-0.25, -0.2) is 9.97 Å². The third-order valence-corrected chi connectivity index (χ3v) is 4.32. The molecule has 0 aliphatic carbocycles. The molecule has 0 amide bonds. The quantitative estimate of drug-likeness (QED) is 0.431. The van der Waals surface area contributed by atoms with Crippen molar-refractivity contribution in [3.63, 3.8) is 0 Å². The topological polar surface area (TPSA) is 66.2 Å². The van der Waals surface area contributed by atoms with Crippen LogP contribution in [-0.2, 0) is 0 Å². The largest absolute Gasteiger partial charge is 0.388 e. The molecule has 0 unspecified atom stereocenters. The molecule has 2 heterocycles. The highest BCUT2D eigenvalue weighted by Crippen LogP contribution is 2.27. The minimum Gasteiger partial charge on any atom is -0.388 e. The van der Waals surface area contributed by atoms with Gasteiger partial charge in [0.1, 0.15) is 10.3 Å². The van der Waals surface area contributed by atoms with Gasteiger partial charge in [-0.2, -0.15) is 0 Å². The van der Waals surface area contributed by atoms with Crippen LogP contribution in [0.4, 0.5) is 0 Å². The second-order valence-electron chi connectivity index (χ2n) is 7.11. The number of rotatable bonds is 5. The Morgan fingerprint density at radius 1 is 0.889 bits per heavy atom. The summed E-state index contributed by atoms with van der Waals surface area (Å²) < 4.78 is 0. The lowest BCUT2D eigenvalue weighted by atomic mass is 9.88. The van der Waals surface area contributed by atoms with Gasteiger partial charge in [-0.3, -0.25) is 0 Å². The van der Waals surface area contributed by atoms with Crippen LogP contribution < -0.4 is 0 Å². The molecule has 0 aliphatic heterocycles. The number of hydrogen-bond acceptors (Lipinski definition) is 4. The Labute approximate surface area is 177 Å². The summed E-state index contributed by atoms with van der Waals surface area (Å²) in [7, 11) is 0. The lowest BCUT2D eigenvalue weighted by Crippen LogP contribution is -2.08. The summed E-state index contributed by atoms with van der Waals surface area (Å²) in [6, 6.07) is 6.84. The zero-order valence-electron chi connectivity index (χ0n) is 15.2. The molecule has 0 saturated carbocycles. The first-order valence-electron chi connectivity index (χ1n) is 8.27. The first-order valence-corrected chi connectivity index (χ1v) is 9.56. The zero-order valence-corrected chi connectivity index (χ0v) is 17.4. The molecule has 0 saturated heterocycles. The molecule has 0 aromatic carbocycles. The Morgan fingerprint density at radius 3 is 1.67 bits per heavy atom. The van der Waals surface area contributed by atoms with Crippen molar-refractivity contribution in [3.8, 4) is 0 Å². The van der Waals surface area contributed by atoms with Gasteiger partial charge in [-0.1, -0.05) is 63.5 Å². The van der Waals surface area contributed by atoms with E-state index in [2.05, 4.69) is 30.7 Å². The Hall–Kier alpha value is -0.910. The van der Waals surface area contributed by atoms with Crippen molar-refractivity contribution in [2.24, 2.45) is 5.41 Å². The Morgan fingerprint density at radius 2 is 1.33 bits per heavy atom. The summed E-state index contributed by atoms with van der Waals surface area (Å²) in [5.74, 6) is 0.170. The number of alkyl halides is 1. The molecule has 2 atom stereocenters. The molecule has 2 aromatic heterocycles. The third kappa shape index (κ3) is 10.9. The molecule has 27 heavy (non-hydrogen) atoms. The molecule has 2 aromatic rings. The van der Waals surface area contributed by atoms with Crippen molar-refractivity contribution < 1.29 is 10.2 Å². The van der Waals surface area contributed by atoms with Crippen LogP contribution in [0.15, 0.2) is 36.7 Å². The second-order valence-corrected chi connectivity index (χ2v) is 8.20. The van der Waals surface area contributed by atoms with Crippen LogP contribution in [0.1, 0.15) is 64.4 Å². The summed E-state index contributed by atoms with van der Waals surface area (Å²) in [5.41, 5.74) is 1.77. The molecule has 0 bridgehead atoms. The molecule has 2 rings (SSSR count). The number of pyridine rings is 2. The highest BCUT2D eigenvalue weighted by atomic mass is 35.5. The third-order valence-electron chi connectivity index (χ3n) is 3.58. The van der Waals surface area contributed by atoms with Gasteiger partial charge < -0.3 is 10.2 Å². The van der Waals surface area contributed by atoms with Gasteiger partial charge in [0.05, 0.1) is 18.1 Å². The molecular weight excluding hydrogens is 407 g/mol. The monoisotopic (exact) mass is 434 g/mol. The van der Waals surface area contributed by atoms with Crippen LogP contribution in [-0.4, -0.2) is 26.1 Å². The van der Waals surface area contributed by atoms with Crippen LogP contribution in [0.2, 0.25) is 10.3 Å². The van der Waals surface area contributed by atoms with Gasteiger partial charge in [-0.05, 0) is 36.0 Å². The summed E-state index contributed by atoms with van der Waals surface area (Å²) >= 11 is 16.6. The van der Waals surface area contributed by atoms with Crippen LogP contribution in [0.5, 0.6) is 0 Å². The van der Waals surface area contributed by atoms with E-state index in [0.717, 1.165) is 18.4 Å². The molecule has 2 N–H and O–H groups in total. The highest BCUT2D eigenvalue weighted by Gasteiger charge is 2.14. The van der Waals surface area contributed by atoms with Gasteiger partial charge in [-0.15, -0.1) is 11.6 Å². The average molecular weight is 436 g/mol. The molecule has 0 radical (unpaired) electrons. The lowest BCUT2D eigenvalue weighted by molar-refractivity contribution is 0.147. The first kappa shape index (κ1) is 26.1. The predicted molar refractivity (Wildman–Crippen MR) is 115 cm³/mol. The predicted octanol–water partition coefficient (Wildman–Crippen LogP) is 6.24. The fraction of sp³-hybridized carbons (Fsp3) is 0.500. The van der Waals surface area contributed by atoms with Gasteiger partial charge in [0, 0.05) is 18.0 Å². The summed E-state index contributed by atoms with van der Waals surface area (Å²) in [5, 5.41) is 20.0. The Bertz CT molecular complexity index is 644. The van der Waals surface area contributed by atoms with Crippen LogP contribution >= 0.6 is 34.8 Å². The van der Waals surface area contributed by atoms with Crippen LogP contribution in [0.3, 0.4) is 0 Å². The molecule has 152 valence electrons. The Kier molecular flexibility index (Phi) is 12.1. The molecule has 0 aliphatic rings. The van der Waals surface area contributed by atoms with E-state index >= 15 is 0 Å². The minimum absolute atomic E-state index is 0. The maximum absolute atomic E-state index is 9.89. The molecule has 0 fully saturated rings. The average Bonchev–Trinajstić information content (AvgIpc) is 2.60. The van der Waals surface area contributed by atoms with Crippen molar-refractivity contribution in [3.05, 3.63) is 58.1 Å². The van der Waals surface area contributed by atoms with Crippen molar-refractivity contribution in [1.82, 2.24) is 9.97 Å². The first-order chi connectivity index (χ1) is 12.1. The van der Waals surface area contributed by atoms with Crippen molar-refractivity contribution >= 4 is 34.8 Å². The summed E-state index contributed by atoms with van der Waals surface area (Å²) in [6.07, 6.45) is 3.80. The standard InChI is InChI=1S/C12H18ClNO.C7H7Cl2NO.CH4/c1-12(2,3)7-6-10(15)9-4-5-11(13)14-8-9;8-3-6(11)5-1-2-7(9)10-4-5;/h4-5,8,10,15H,6-7H2,1-3H3;1-2,4,6,11H,3H2;1H4/t10-;6-;/m00./s1. The second kappa shape index (κ2) is 12.5. The van der Waals surface area contributed by atoms with Gasteiger partial charge in [0.2, 0.25) is 0 Å². The molecule has 0 spiro atoms. The fourth-order valence-corrected chi connectivity index (χ4v) is 2.40. The van der Waals surface area contributed by atoms with E-state index in [-0.39, 0.29) is 18.7 Å². The number of aromatic nitrogens is 2. The van der Waals surface area contributed by atoms with Crippen molar-refractivity contribution in [2.45, 2.75) is 53.2 Å². The fourth-order valence-electron chi connectivity index (χ4n) is 1.99. The number of hydrogen-bond donors (Lipinski definition) is 2. The summed E-state index contributed by atoms with van der Waals surface area (Å²) in [6.45, 7) is 6.50. The van der Waals surface area contributed by atoms with Crippen molar-refractivity contribution in [1.29, 1.82) is 0 Å². The van der Waals surface area contributed by atoms with E-state index in [9.17, 15) is 10.2 Å². The van der Waals surface area contributed by atoms with E-state index in [1.807, 2.05) is 6.07 Å². The SMILES string of the molecule is C.CC(C)(C)CC[C@H](O)c1ccc(Cl)nc1.O[C@@H](CCl)c1ccc(Cl)nc1. The van der Waals surface area contributed by atoms with Crippen LogP contribution in [0.25, 0.3) is 0 Å². The zero-order chi connectivity index (χ0) is 19.7. The number of aliphatic hydroxyl groups excluding tert-OH is 2. The van der Waals surface area contributed by atoms with Gasteiger partial charge >= 0.3 is 0 Å². The number of halogens is 3. The number of aliphatic hydroxyl groups is 2. The van der Waals surface area contributed by atoms with Gasteiger partial charge in [0.15, 0.2) is 0 Å². The number of nitrogens with zero attached hydrogens (tertiary/aromatic N) is 2. The van der Waals surface area contributed by atoms with E-state index in [1.165, 1.54) is 6.20 Å². The molecule has 4 nitrogen and oxygen atoms in total. The van der Waals surface area contributed by atoms with E-state index < -0.39 is 12.2 Å². The van der Waals surface area contributed by atoms with E-state index in [4.69, 9.17) is 34.8 Å². The summed E-state index contributed by atoms with van der Waals surface area (Å²) in [4.78, 5) is 7.74. The molecule has 7 heteroatoms. The maximum atomic E-state index is 9.89. The molecular formula is C20H29Cl3N2O2.